The fourth-order valence-electron chi connectivity index (χ4n) is 3.58. The predicted molar refractivity (Wildman–Crippen MR) is 73.1 cm³/mol. The summed E-state index contributed by atoms with van der Waals surface area (Å²) in [6, 6.07) is 0. The summed E-state index contributed by atoms with van der Waals surface area (Å²) in [6.45, 7) is 2.83. The van der Waals surface area contributed by atoms with E-state index in [-0.39, 0.29) is 12.2 Å². The maximum Gasteiger partial charge on any atom is 0.420 e. The summed E-state index contributed by atoms with van der Waals surface area (Å²) in [4.78, 5) is 11.5. The second kappa shape index (κ2) is 4.70. The number of halogens is 5. The van der Waals surface area contributed by atoms with Crippen LogP contribution in [0.25, 0.3) is 0 Å². The van der Waals surface area contributed by atoms with Gasteiger partial charge in [0.2, 0.25) is 5.92 Å². The number of aromatic carboxylic acids is 1. The summed E-state index contributed by atoms with van der Waals surface area (Å²) in [6.07, 6.45) is -4.87. The third kappa shape index (κ3) is 2.77. The Bertz CT molecular complexity index is 695. The van der Waals surface area contributed by atoms with E-state index in [4.69, 9.17) is 0 Å². The zero-order valence-electron chi connectivity index (χ0n) is 13.2. The Kier molecular flexibility index (Phi) is 3.36. The van der Waals surface area contributed by atoms with E-state index in [9.17, 15) is 31.9 Å². The van der Waals surface area contributed by atoms with Gasteiger partial charge in [0, 0.05) is 24.8 Å². The molecule has 1 aromatic heterocycles. The van der Waals surface area contributed by atoms with Crippen molar-refractivity contribution in [3.8, 4) is 0 Å². The van der Waals surface area contributed by atoms with Gasteiger partial charge in [-0.1, -0.05) is 13.8 Å². The quantitative estimate of drug-likeness (QED) is 0.831. The van der Waals surface area contributed by atoms with Crippen LogP contribution < -0.4 is 0 Å². The second-order valence-electron chi connectivity index (χ2n) is 7.61. The minimum absolute atomic E-state index is 0.274. The van der Waals surface area contributed by atoms with Crippen LogP contribution in [0.2, 0.25) is 0 Å². The van der Waals surface area contributed by atoms with Crippen molar-refractivity contribution in [3.05, 3.63) is 17.0 Å². The van der Waals surface area contributed by atoms with Gasteiger partial charge in [-0.05, 0) is 18.3 Å². The Hall–Kier alpha value is -1.67. The van der Waals surface area contributed by atoms with E-state index in [0.717, 1.165) is 4.68 Å². The zero-order valence-corrected chi connectivity index (χ0v) is 13.2. The molecule has 0 bridgehead atoms. The van der Waals surface area contributed by atoms with Crippen LogP contribution in [-0.2, 0) is 18.1 Å². The Morgan fingerprint density at radius 3 is 2.17 bits per heavy atom. The molecule has 0 aromatic carbocycles. The lowest BCUT2D eigenvalue weighted by Gasteiger charge is -2.44. The first kappa shape index (κ1) is 17.2. The molecule has 0 amide bonds. The van der Waals surface area contributed by atoms with Gasteiger partial charge in [0.1, 0.15) is 5.56 Å². The number of carboxylic acid groups (broad SMARTS) is 1. The monoisotopic (exact) mass is 352 g/mol. The van der Waals surface area contributed by atoms with E-state index in [0.29, 0.717) is 12.8 Å². The van der Waals surface area contributed by atoms with Crippen molar-refractivity contribution in [1.29, 1.82) is 0 Å². The van der Waals surface area contributed by atoms with Crippen LogP contribution in [0.5, 0.6) is 0 Å². The minimum atomic E-state index is -4.86. The highest BCUT2D eigenvalue weighted by Crippen LogP contribution is 2.54. The first-order valence-corrected chi connectivity index (χ1v) is 7.56. The topological polar surface area (TPSA) is 55.1 Å². The van der Waals surface area contributed by atoms with Gasteiger partial charge in [0.05, 0.1) is 5.69 Å². The van der Waals surface area contributed by atoms with Crippen LogP contribution in [-0.4, -0.2) is 26.8 Å². The molecule has 2 fully saturated rings. The summed E-state index contributed by atoms with van der Waals surface area (Å²) in [5.74, 6) is -4.61. The summed E-state index contributed by atoms with van der Waals surface area (Å²) in [5, 5.41) is 13.2. The zero-order chi connectivity index (χ0) is 18.1. The molecule has 134 valence electrons. The number of carboxylic acids is 1. The molecule has 2 saturated carbocycles. The van der Waals surface area contributed by atoms with Crippen LogP contribution in [0.15, 0.2) is 0 Å². The maximum atomic E-state index is 13.5. The number of hydrogen-bond acceptors (Lipinski definition) is 2. The van der Waals surface area contributed by atoms with Crippen molar-refractivity contribution in [2.75, 3.05) is 0 Å². The third-order valence-electron chi connectivity index (χ3n) is 4.91. The van der Waals surface area contributed by atoms with Crippen LogP contribution in [0.1, 0.15) is 61.3 Å². The lowest BCUT2D eigenvalue weighted by molar-refractivity contribution is -0.160. The second-order valence-corrected chi connectivity index (χ2v) is 7.61. The van der Waals surface area contributed by atoms with Gasteiger partial charge in [0.15, 0.2) is 5.69 Å². The van der Waals surface area contributed by atoms with Gasteiger partial charge in [-0.2, -0.15) is 18.3 Å². The van der Waals surface area contributed by atoms with Crippen molar-refractivity contribution in [2.24, 2.45) is 5.41 Å². The average molecular weight is 352 g/mol. The van der Waals surface area contributed by atoms with Crippen molar-refractivity contribution in [3.63, 3.8) is 0 Å². The number of nitrogens with zero attached hydrogens (tertiary/aromatic N) is 2. The highest BCUT2D eigenvalue weighted by molar-refractivity contribution is 5.88. The van der Waals surface area contributed by atoms with Crippen LogP contribution in [0, 0.1) is 5.41 Å². The molecule has 1 N–H and O–H groups in total. The lowest BCUT2D eigenvalue weighted by Crippen LogP contribution is -2.47. The van der Waals surface area contributed by atoms with Gasteiger partial charge in [0.25, 0.3) is 0 Å². The number of rotatable bonds is 4. The normalized spacial score (nSPS) is 23.6. The molecule has 9 heteroatoms. The molecule has 1 aromatic rings. The third-order valence-corrected chi connectivity index (χ3v) is 4.91. The fraction of sp³-hybridized carbons (Fsp3) is 0.733. The molecule has 0 aliphatic heterocycles. The smallest absolute Gasteiger partial charge is 0.420 e. The molecular weight excluding hydrogens is 335 g/mol. The molecule has 0 spiro atoms. The highest BCUT2D eigenvalue weighted by Gasteiger charge is 2.56. The first-order chi connectivity index (χ1) is 10.8. The number of hydrogen-bond donors (Lipinski definition) is 1. The molecule has 0 saturated heterocycles. The molecular formula is C15H17F5N2O2. The molecule has 0 unspecified atom stereocenters. The first-order valence-electron chi connectivity index (χ1n) is 7.56. The molecule has 3 rings (SSSR count). The molecule has 1 heterocycles. The predicted octanol–water partition coefficient (Wildman–Crippen LogP) is 4.09. The summed E-state index contributed by atoms with van der Waals surface area (Å²) in [5.41, 5.74) is -4.26. The van der Waals surface area contributed by atoms with Crippen molar-refractivity contribution in [1.82, 2.24) is 9.78 Å². The molecule has 4 nitrogen and oxygen atoms in total. The summed E-state index contributed by atoms with van der Waals surface area (Å²) in [7, 11) is 0. The molecule has 2 aliphatic carbocycles. The molecule has 24 heavy (non-hydrogen) atoms. The molecule has 0 atom stereocenters. The van der Waals surface area contributed by atoms with Crippen molar-refractivity contribution in [2.45, 2.75) is 63.6 Å². The fourth-order valence-corrected chi connectivity index (χ4v) is 3.58. The summed E-state index contributed by atoms with van der Waals surface area (Å²) < 4.78 is 67.4. The largest absolute Gasteiger partial charge is 0.477 e. The average Bonchev–Trinajstić information content (AvgIpc) is 2.95. The van der Waals surface area contributed by atoms with Crippen molar-refractivity contribution >= 4 is 5.97 Å². The number of carbonyl (C=O) groups is 1. The highest BCUT2D eigenvalue weighted by atomic mass is 19.4. The Morgan fingerprint density at radius 2 is 1.79 bits per heavy atom. The van der Waals surface area contributed by atoms with E-state index in [1.807, 2.05) is 0 Å². The SMILES string of the molecule is CC1(Cn2nc(C3(C)CC3)c(C(F)(F)F)c2C(=O)O)CC(F)(F)C1. The van der Waals surface area contributed by atoms with Crippen LogP contribution in [0.4, 0.5) is 22.0 Å². The van der Waals surface area contributed by atoms with Crippen molar-refractivity contribution < 1.29 is 31.9 Å². The van der Waals surface area contributed by atoms with Gasteiger partial charge in [-0.3, -0.25) is 4.68 Å². The van der Waals surface area contributed by atoms with Crippen LogP contribution >= 0.6 is 0 Å². The molecule has 0 radical (unpaired) electrons. The van der Waals surface area contributed by atoms with Gasteiger partial charge >= 0.3 is 12.1 Å². The van der Waals surface area contributed by atoms with Gasteiger partial charge < -0.3 is 5.11 Å². The number of aromatic nitrogens is 2. The Labute approximate surface area is 134 Å². The number of alkyl halides is 5. The minimum Gasteiger partial charge on any atom is -0.477 e. The van der Waals surface area contributed by atoms with E-state index < -0.39 is 53.0 Å². The van der Waals surface area contributed by atoms with E-state index in [1.54, 1.807) is 6.92 Å². The van der Waals surface area contributed by atoms with E-state index in [2.05, 4.69) is 5.10 Å². The maximum absolute atomic E-state index is 13.5. The van der Waals surface area contributed by atoms with E-state index >= 15 is 0 Å². The lowest BCUT2D eigenvalue weighted by atomic mass is 9.67. The Balaban J connectivity index is 2.07. The standard InChI is InChI=1S/C15H17F5N2O2/c1-12(5-14(16,17)6-12)7-22-9(11(23)24)8(15(18,19)20)10(21-22)13(2)3-4-13/h3-7H2,1-2H3,(H,23,24). The van der Waals surface area contributed by atoms with Gasteiger partial charge in [-0.25, -0.2) is 13.6 Å². The van der Waals surface area contributed by atoms with Gasteiger partial charge in [-0.15, -0.1) is 0 Å². The van der Waals surface area contributed by atoms with Crippen LogP contribution in [0.3, 0.4) is 0 Å². The summed E-state index contributed by atoms with van der Waals surface area (Å²) >= 11 is 0. The van der Waals surface area contributed by atoms with E-state index in [1.165, 1.54) is 6.92 Å². The molecule has 2 aliphatic rings. The Morgan fingerprint density at radius 1 is 1.25 bits per heavy atom.